The highest BCUT2D eigenvalue weighted by molar-refractivity contribution is 5.91. The highest BCUT2D eigenvalue weighted by Gasteiger charge is 2.26. The zero-order valence-electron chi connectivity index (χ0n) is 19.6. The lowest BCUT2D eigenvalue weighted by Crippen LogP contribution is -2.49. The topological polar surface area (TPSA) is 106 Å². The fourth-order valence-electron chi connectivity index (χ4n) is 4.47. The molecule has 1 saturated carbocycles. The Bertz CT molecular complexity index is 1010. The highest BCUT2D eigenvalue weighted by Crippen LogP contribution is 2.37. The van der Waals surface area contributed by atoms with Crippen LogP contribution < -0.4 is 20.1 Å². The second-order valence-electron chi connectivity index (χ2n) is 8.81. The fourth-order valence-corrected chi connectivity index (χ4v) is 4.47. The van der Waals surface area contributed by atoms with Crippen molar-refractivity contribution < 1.29 is 19.0 Å². The number of rotatable bonds is 4. The molecule has 3 heterocycles. The maximum absolute atomic E-state index is 12.9. The Morgan fingerprint density at radius 1 is 1.00 bits per heavy atom. The van der Waals surface area contributed by atoms with Gasteiger partial charge in [-0.1, -0.05) is 0 Å². The third kappa shape index (κ3) is 5.02. The lowest BCUT2D eigenvalue weighted by Gasteiger charge is -2.32. The van der Waals surface area contributed by atoms with Crippen molar-refractivity contribution in [3.63, 3.8) is 0 Å². The molecule has 186 valence electrons. The van der Waals surface area contributed by atoms with Gasteiger partial charge in [-0.3, -0.25) is 0 Å². The minimum atomic E-state index is 0. The van der Waals surface area contributed by atoms with E-state index in [-0.39, 0.29) is 24.5 Å². The number of hydrogen-bond acceptors (Lipinski definition) is 8. The van der Waals surface area contributed by atoms with Crippen LogP contribution >= 0.6 is 12.4 Å². The maximum Gasteiger partial charge on any atom is 0.320 e. The molecule has 1 aromatic heterocycles. The summed E-state index contributed by atoms with van der Waals surface area (Å²) in [6.45, 7) is 5.26. The molecular weight excluding hydrogens is 460 g/mol. The van der Waals surface area contributed by atoms with Crippen molar-refractivity contribution in [1.29, 1.82) is 0 Å². The van der Waals surface area contributed by atoms with Crippen LogP contribution in [0.15, 0.2) is 12.1 Å². The SMILES string of the molecule is COc1cc2nc(N3CCCN(C(=O)N4CCOCC4)CC3)nc(N)c2cc1OC1CCC1.Cl. The number of amides is 2. The van der Waals surface area contributed by atoms with Gasteiger partial charge in [0.25, 0.3) is 0 Å². The predicted molar refractivity (Wildman–Crippen MR) is 132 cm³/mol. The van der Waals surface area contributed by atoms with Gasteiger partial charge < -0.3 is 34.6 Å². The molecule has 0 radical (unpaired) electrons. The van der Waals surface area contributed by atoms with Crippen LogP contribution in [-0.2, 0) is 4.74 Å². The van der Waals surface area contributed by atoms with Crippen LogP contribution in [0.2, 0.25) is 0 Å². The number of methoxy groups -OCH3 is 1. The third-order valence-corrected chi connectivity index (χ3v) is 6.68. The first-order chi connectivity index (χ1) is 16.1. The van der Waals surface area contributed by atoms with Crippen LogP contribution in [0, 0.1) is 0 Å². The van der Waals surface area contributed by atoms with E-state index < -0.39 is 0 Å². The molecule has 5 rings (SSSR count). The molecule has 1 aliphatic carbocycles. The molecule has 10 nitrogen and oxygen atoms in total. The summed E-state index contributed by atoms with van der Waals surface area (Å²) in [5.74, 6) is 2.33. The van der Waals surface area contributed by atoms with Gasteiger partial charge in [-0.25, -0.2) is 9.78 Å². The summed E-state index contributed by atoms with van der Waals surface area (Å²) in [5.41, 5.74) is 7.08. The van der Waals surface area contributed by atoms with Crippen molar-refractivity contribution in [3.8, 4) is 11.5 Å². The smallest absolute Gasteiger partial charge is 0.320 e. The Hall–Kier alpha value is -2.72. The number of nitrogens with zero attached hydrogens (tertiary/aromatic N) is 5. The Kier molecular flexibility index (Phi) is 7.67. The lowest BCUT2D eigenvalue weighted by atomic mass is 9.96. The number of ether oxygens (including phenoxy) is 3. The van der Waals surface area contributed by atoms with Gasteiger partial charge in [0.15, 0.2) is 11.5 Å². The first kappa shape index (κ1) is 24.4. The van der Waals surface area contributed by atoms with Crippen molar-refractivity contribution >= 4 is 41.1 Å². The molecule has 0 bridgehead atoms. The average molecular weight is 493 g/mol. The Morgan fingerprint density at radius 3 is 2.47 bits per heavy atom. The van der Waals surface area contributed by atoms with Gasteiger partial charge in [0.2, 0.25) is 5.95 Å². The molecule has 0 atom stereocenters. The van der Waals surface area contributed by atoms with Crippen LogP contribution in [0.1, 0.15) is 25.7 Å². The number of hydrogen-bond donors (Lipinski definition) is 1. The van der Waals surface area contributed by atoms with E-state index in [2.05, 4.69) is 9.88 Å². The monoisotopic (exact) mass is 492 g/mol. The number of benzene rings is 1. The first-order valence-corrected chi connectivity index (χ1v) is 11.8. The van der Waals surface area contributed by atoms with Crippen LogP contribution in [0.5, 0.6) is 11.5 Å². The minimum absolute atomic E-state index is 0. The first-order valence-electron chi connectivity index (χ1n) is 11.8. The van der Waals surface area contributed by atoms with Gasteiger partial charge in [0, 0.05) is 50.7 Å². The molecule has 2 saturated heterocycles. The largest absolute Gasteiger partial charge is 0.493 e. The van der Waals surface area contributed by atoms with Crippen molar-refractivity contribution in [3.05, 3.63) is 12.1 Å². The number of carbonyl (C=O) groups is 1. The number of aromatic nitrogens is 2. The summed E-state index contributed by atoms with van der Waals surface area (Å²) >= 11 is 0. The zero-order valence-corrected chi connectivity index (χ0v) is 20.4. The molecule has 2 N–H and O–H groups in total. The van der Waals surface area contributed by atoms with Crippen molar-refractivity contribution in [1.82, 2.24) is 19.8 Å². The van der Waals surface area contributed by atoms with Crippen molar-refractivity contribution in [2.75, 3.05) is 70.2 Å². The van der Waals surface area contributed by atoms with E-state index in [4.69, 9.17) is 24.9 Å². The number of fused-ring (bicyclic) bond motifs is 1. The van der Waals surface area contributed by atoms with Crippen LogP contribution in [0.25, 0.3) is 10.9 Å². The van der Waals surface area contributed by atoms with Gasteiger partial charge in [-0.05, 0) is 31.7 Å². The summed E-state index contributed by atoms with van der Waals surface area (Å²) in [6.07, 6.45) is 4.39. The van der Waals surface area contributed by atoms with E-state index in [0.29, 0.717) is 69.2 Å². The molecule has 2 amide bonds. The summed E-state index contributed by atoms with van der Waals surface area (Å²) in [6, 6.07) is 3.84. The minimum Gasteiger partial charge on any atom is -0.493 e. The summed E-state index contributed by atoms with van der Waals surface area (Å²) in [5, 5.41) is 0.757. The molecule has 3 fully saturated rings. The molecule has 2 aromatic rings. The Labute approximate surface area is 205 Å². The number of nitrogen functional groups attached to an aromatic ring is 1. The molecule has 2 aliphatic heterocycles. The van der Waals surface area contributed by atoms with Crippen LogP contribution in [0.4, 0.5) is 16.6 Å². The van der Waals surface area contributed by atoms with E-state index >= 15 is 0 Å². The quantitative estimate of drug-likeness (QED) is 0.694. The van der Waals surface area contributed by atoms with Gasteiger partial charge in [0.05, 0.1) is 31.9 Å². The van der Waals surface area contributed by atoms with Crippen LogP contribution in [-0.4, -0.2) is 91.5 Å². The predicted octanol–water partition coefficient (Wildman–Crippen LogP) is 2.54. The van der Waals surface area contributed by atoms with E-state index in [1.54, 1.807) is 7.11 Å². The summed E-state index contributed by atoms with van der Waals surface area (Å²) in [4.78, 5) is 28.2. The van der Waals surface area contributed by atoms with Crippen molar-refractivity contribution in [2.24, 2.45) is 0 Å². The molecule has 3 aliphatic rings. The number of urea groups is 1. The summed E-state index contributed by atoms with van der Waals surface area (Å²) < 4.78 is 17.0. The molecule has 0 unspecified atom stereocenters. The normalized spacial score (nSPS) is 19.3. The second kappa shape index (κ2) is 10.7. The molecule has 11 heteroatoms. The second-order valence-corrected chi connectivity index (χ2v) is 8.81. The number of halogens is 1. The third-order valence-electron chi connectivity index (χ3n) is 6.68. The standard InChI is InChI=1S/C23H32N6O4.ClH/c1-31-19-15-18-17(14-20(19)33-16-4-2-5-16)21(24)26-22(25-18)27-6-3-7-28(9-8-27)23(30)29-10-12-32-13-11-29;/h14-16H,2-13H2,1H3,(H2,24,25,26);1H. The number of nitrogens with two attached hydrogens (primary N) is 1. The van der Waals surface area contributed by atoms with Gasteiger partial charge in [-0.15, -0.1) is 12.4 Å². The average Bonchev–Trinajstić information content (AvgIpc) is 3.07. The maximum atomic E-state index is 12.9. The van der Waals surface area contributed by atoms with Crippen LogP contribution in [0.3, 0.4) is 0 Å². The fraction of sp³-hybridized carbons (Fsp3) is 0.609. The lowest BCUT2D eigenvalue weighted by molar-refractivity contribution is 0.0438. The molecule has 1 aromatic carbocycles. The summed E-state index contributed by atoms with van der Waals surface area (Å²) in [7, 11) is 1.63. The number of anilines is 2. The van der Waals surface area contributed by atoms with E-state index in [1.807, 2.05) is 21.9 Å². The number of morpholine rings is 1. The van der Waals surface area contributed by atoms with E-state index in [9.17, 15) is 4.79 Å². The van der Waals surface area contributed by atoms with Gasteiger partial charge in [-0.2, -0.15) is 4.98 Å². The van der Waals surface area contributed by atoms with Crippen molar-refractivity contribution in [2.45, 2.75) is 31.8 Å². The van der Waals surface area contributed by atoms with Gasteiger partial charge >= 0.3 is 6.03 Å². The zero-order chi connectivity index (χ0) is 22.8. The molecular formula is C23H33ClN6O4. The van der Waals surface area contributed by atoms with Gasteiger partial charge in [0.1, 0.15) is 5.82 Å². The highest BCUT2D eigenvalue weighted by atomic mass is 35.5. The molecule has 34 heavy (non-hydrogen) atoms. The van der Waals surface area contributed by atoms with E-state index in [0.717, 1.165) is 36.7 Å². The Balaban J connectivity index is 0.00000274. The Morgan fingerprint density at radius 2 is 1.76 bits per heavy atom. The number of carbonyl (C=O) groups excluding carboxylic acids is 1. The van der Waals surface area contributed by atoms with E-state index in [1.165, 1.54) is 6.42 Å². The molecule has 0 spiro atoms.